The van der Waals surface area contributed by atoms with Gasteiger partial charge < -0.3 is 43.4 Å². The Morgan fingerprint density at radius 3 is 2.22 bits per heavy atom. The largest absolute Gasteiger partial charge is 1.00 e. The van der Waals surface area contributed by atoms with Crippen molar-refractivity contribution in [1.29, 1.82) is 0 Å². The van der Waals surface area contributed by atoms with Crippen LogP contribution in [0.5, 0.6) is 0 Å². The van der Waals surface area contributed by atoms with E-state index < -0.39 is 99.0 Å². The van der Waals surface area contributed by atoms with E-state index in [0.29, 0.717) is 19.3 Å². The molecule has 2 N–H and O–H groups in total. The van der Waals surface area contributed by atoms with Crippen molar-refractivity contribution in [2.24, 2.45) is 40.4 Å². The monoisotopic (exact) mass is 802 g/mol. The van der Waals surface area contributed by atoms with Crippen molar-refractivity contribution in [3.8, 4) is 0 Å². The number of carboxylic acid groups (broad SMARTS) is 1. The second kappa shape index (κ2) is 17.4. The standard InChI is InChI=1S/C30H46O16S2.2K/c1-14(2)9-22(32)44-25-24(46-48(39,40)41)23(45-47(36,37)38)20(13-31)43-28(25)42-17-10-18(27(34)35)19-7-8-30-11-16(15(3)26(30)33)5-6-21(30)29(19,4)12-17;;/h14,16-21,23-26,28,31,33H,3,5-13H2,1-2,4H3,(H,34,35)(H,36,37,38)(H,39,40,41);;/q;2*+1/p-2/t16-,17+,18+,19-,20+,21+,23+,24-,25+,26-,28+,29-,30-;;/m0../s1. The molecule has 16 nitrogen and oxygen atoms in total. The van der Waals surface area contributed by atoms with E-state index >= 15 is 0 Å². The molecular weight excluding hydrogens is 759 g/mol. The smallest absolute Gasteiger partial charge is 0.726 e. The summed E-state index contributed by atoms with van der Waals surface area (Å²) < 4.78 is 96.8. The minimum atomic E-state index is -5.69. The van der Waals surface area contributed by atoms with Crippen molar-refractivity contribution < 1.29 is 178 Å². The number of esters is 1. The average molecular weight is 803 g/mol. The Labute approximate surface area is 379 Å². The number of ether oxygens (including phenoxy) is 3. The van der Waals surface area contributed by atoms with Gasteiger partial charge in [-0.15, -0.1) is 0 Å². The van der Waals surface area contributed by atoms with Crippen LogP contribution in [0.25, 0.3) is 0 Å². The molecule has 1 saturated heterocycles. The Bertz CT molecular complexity index is 1500. The minimum absolute atomic E-state index is 0. The molecule has 5 rings (SSSR count). The summed E-state index contributed by atoms with van der Waals surface area (Å²) in [6, 6.07) is 0. The number of rotatable bonds is 11. The normalized spacial score (nSPS) is 41.3. The number of carbonyl (C=O) groups excluding carboxylic acids is 2. The van der Waals surface area contributed by atoms with Crippen molar-refractivity contribution in [2.45, 2.75) is 115 Å². The molecule has 0 unspecified atom stereocenters. The molecule has 2 bridgehead atoms. The first-order valence-corrected chi connectivity index (χ1v) is 18.8. The Kier molecular flexibility index (Phi) is 15.9. The molecule has 0 radical (unpaired) electrons. The Balaban J connectivity index is 0.00000300. The molecular formula is C30H44K2O16S2. The van der Waals surface area contributed by atoms with E-state index in [0.717, 1.165) is 18.4 Å². The van der Waals surface area contributed by atoms with Gasteiger partial charge in [0.25, 0.3) is 0 Å². The van der Waals surface area contributed by atoms with Gasteiger partial charge in [-0.2, -0.15) is 0 Å². The van der Waals surface area contributed by atoms with Crippen LogP contribution in [0, 0.1) is 40.4 Å². The van der Waals surface area contributed by atoms with E-state index in [9.17, 15) is 50.8 Å². The molecule has 50 heavy (non-hydrogen) atoms. The fourth-order valence-electron chi connectivity index (χ4n) is 9.80. The maximum Gasteiger partial charge on any atom is 1.00 e. The van der Waals surface area contributed by atoms with Crippen LogP contribution in [-0.2, 0) is 53.0 Å². The first kappa shape index (κ1) is 45.9. The van der Waals surface area contributed by atoms with E-state index in [1.54, 1.807) is 13.8 Å². The van der Waals surface area contributed by atoms with E-state index in [1.807, 2.05) is 6.92 Å². The fourth-order valence-corrected chi connectivity index (χ4v) is 10.8. The molecule has 274 valence electrons. The maximum absolute atomic E-state index is 12.9. The van der Waals surface area contributed by atoms with Crippen LogP contribution < -0.4 is 108 Å². The topological polar surface area (TPSA) is 258 Å². The molecule has 5 fully saturated rings. The third-order valence-electron chi connectivity index (χ3n) is 11.5. The van der Waals surface area contributed by atoms with Crippen LogP contribution in [0.15, 0.2) is 12.2 Å². The summed E-state index contributed by atoms with van der Waals surface area (Å²) in [6.07, 6.45) is -8.83. The SMILES string of the molecule is C=C1[C@H]2CC[C@@H]3[C@@]4(C)C[C@H](O[C@@H]5O[C@H](CO)[C@@H](OS(=O)(=O)[O-])[C@H](OS(=O)(=O)[O-])[C@H]5OC(=O)CC(C)C)C[C@@H](C(=O)[O-])[C@@H]4CC[C@@]3(C2)[C@H]1O.[H+].[K+].[K+]. The van der Waals surface area contributed by atoms with Crippen molar-refractivity contribution in [1.82, 2.24) is 0 Å². The summed E-state index contributed by atoms with van der Waals surface area (Å²) in [6.45, 7) is 8.35. The Morgan fingerprint density at radius 1 is 1.04 bits per heavy atom. The zero-order valence-corrected chi connectivity index (χ0v) is 36.8. The molecule has 1 aliphatic heterocycles. The summed E-state index contributed by atoms with van der Waals surface area (Å²) >= 11 is 0. The number of carbonyl (C=O) groups is 2. The third-order valence-corrected chi connectivity index (χ3v) is 12.4. The van der Waals surface area contributed by atoms with Crippen LogP contribution in [0.1, 0.15) is 73.6 Å². The minimum Gasteiger partial charge on any atom is -0.726 e. The average Bonchev–Trinajstić information content (AvgIpc) is 3.12. The van der Waals surface area contributed by atoms with Gasteiger partial charge in [0.15, 0.2) is 12.4 Å². The molecule has 4 saturated carbocycles. The summed E-state index contributed by atoms with van der Waals surface area (Å²) in [4.78, 5) is 25.5. The molecule has 4 aliphatic carbocycles. The van der Waals surface area contributed by atoms with Crippen LogP contribution >= 0.6 is 0 Å². The maximum atomic E-state index is 12.9. The zero-order valence-electron chi connectivity index (χ0n) is 29.9. The van der Waals surface area contributed by atoms with Gasteiger partial charge in [-0.3, -0.25) is 13.2 Å². The predicted molar refractivity (Wildman–Crippen MR) is 157 cm³/mol. The van der Waals surface area contributed by atoms with Gasteiger partial charge in [0.1, 0.15) is 18.3 Å². The third kappa shape index (κ3) is 9.55. The van der Waals surface area contributed by atoms with Crippen molar-refractivity contribution in [3.63, 3.8) is 0 Å². The van der Waals surface area contributed by atoms with Gasteiger partial charge in [0, 0.05) is 23.7 Å². The number of carboxylic acids is 1. The Hall–Kier alpha value is 1.53. The molecule has 0 aromatic carbocycles. The summed E-state index contributed by atoms with van der Waals surface area (Å²) in [7, 11) is -11.3. The predicted octanol–water partition coefficient (Wildman–Crippen LogP) is -6.23. The van der Waals surface area contributed by atoms with Crippen LogP contribution in [0.3, 0.4) is 0 Å². The van der Waals surface area contributed by atoms with Gasteiger partial charge in [-0.05, 0) is 79.6 Å². The number of fused-ring (bicyclic) bond motifs is 3. The molecule has 1 heterocycles. The Morgan fingerprint density at radius 2 is 1.66 bits per heavy atom. The van der Waals surface area contributed by atoms with Crippen LogP contribution in [0.4, 0.5) is 0 Å². The van der Waals surface area contributed by atoms with Crippen molar-refractivity contribution >= 4 is 32.7 Å². The molecule has 13 atom stereocenters. The fraction of sp³-hybridized carbons (Fsp3) is 0.867. The van der Waals surface area contributed by atoms with Gasteiger partial charge >= 0.3 is 110 Å². The van der Waals surface area contributed by atoms with Crippen molar-refractivity contribution in [3.05, 3.63) is 12.2 Å². The molecule has 5 aliphatic rings. The first-order chi connectivity index (χ1) is 22.2. The molecule has 0 aromatic heterocycles. The van der Waals surface area contributed by atoms with Gasteiger partial charge in [0.05, 0.1) is 18.8 Å². The molecule has 1 spiro atoms. The molecule has 0 amide bonds. The van der Waals surface area contributed by atoms with Gasteiger partial charge in [-0.25, -0.2) is 16.8 Å². The molecule has 20 heteroatoms. The number of aliphatic carboxylic acids is 1. The van der Waals surface area contributed by atoms with E-state index in [-0.39, 0.29) is 147 Å². The first-order valence-electron chi connectivity index (χ1n) is 16.2. The number of aliphatic hydroxyl groups excluding tert-OH is 2. The number of hydrogen-bond acceptors (Lipinski definition) is 16. The summed E-state index contributed by atoms with van der Waals surface area (Å²) in [5, 5.41) is 34.1. The molecule has 0 aromatic rings. The van der Waals surface area contributed by atoms with Gasteiger partial charge in [-0.1, -0.05) is 27.4 Å². The second-order valence-corrected chi connectivity index (χ2v) is 16.8. The van der Waals surface area contributed by atoms with E-state index in [1.165, 1.54) is 0 Å². The summed E-state index contributed by atoms with van der Waals surface area (Å²) in [5.74, 6) is -3.86. The van der Waals surface area contributed by atoms with Crippen molar-refractivity contribution in [2.75, 3.05) is 6.61 Å². The van der Waals surface area contributed by atoms with E-state index in [2.05, 4.69) is 14.9 Å². The van der Waals surface area contributed by atoms with Crippen LogP contribution in [0.2, 0.25) is 0 Å². The second-order valence-electron chi connectivity index (χ2n) is 14.7. The number of hydrogen-bond donors (Lipinski definition) is 2. The van der Waals surface area contributed by atoms with Crippen LogP contribution in [-0.4, -0.2) is 97.6 Å². The van der Waals surface area contributed by atoms with Gasteiger partial charge in [0.2, 0.25) is 20.8 Å². The quantitative estimate of drug-likeness (QED) is 0.0492. The van der Waals surface area contributed by atoms with E-state index in [4.69, 9.17) is 14.2 Å². The zero-order chi connectivity index (χ0) is 35.6. The number of aliphatic hydroxyl groups is 2. The summed E-state index contributed by atoms with van der Waals surface area (Å²) in [5.41, 5.74) is -0.432.